The first-order valence-electron chi connectivity index (χ1n) is 5.44. The van der Waals surface area contributed by atoms with E-state index >= 15 is 0 Å². The Morgan fingerprint density at radius 3 is 2.42 bits per heavy atom. The average molecular weight is 291 g/mol. The van der Waals surface area contributed by atoms with Crippen LogP contribution in [0.4, 0.5) is 13.2 Å². The molecule has 0 radical (unpaired) electrons. The molecule has 0 amide bonds. The third-order valence-electron chi connectivity index (χ3n) is 2.59. The first-order chi connectivity index (χ1) is 8.79. The lowest BCUT2D eigenvalue weighted by Gasteiger charge is -2.10. The summed E-state index contributed by atoms with van der Waals surface area (Å²) in [6, 6.07) is 6.55. The van der Waals surface area contributed by atoms with Gasteiger partial charge in [-0.15, -0.1) is 0 Å². The van der Waals surface area contributed by atoms with Crippen molar-refractivity contribution in [2.24, 2.45) is 0 Å². The minimum atomic E-state index is -4.52. The van der Waals surface area contributed by atoms with E-state index < -0.39 is 17.8 Å². The highest BCUT2D eigenvalue weighted by atomic mass is 35.5. The van der Waals surface area contributed by atoms with Crippen LogP contribution in [0.1, 0.15) is 24.4 Å². The number of benzene rings is 1. The number of alkyl halides is 3. The summed E-state index contributed by atoms with van der Waals surface area (Å²) >= 11 is 5.53. The largest absolute Gasteiger partial charge is 0.458 e. The second-order valence-electron chi connectivity index (χ2n) is 4.07. The molecule has 0 spiro atoms. The SMILES string of the molecule is CC(O)c1ccc(-c2ccc(Cl)c(C(F)(F)F)c2)o1. The van der Waals surface area contributed by atoms with Gasteiger partial charge in [-0.1, -0.05) is 11.6 Å². The first kappa shape index (κ1) is 14.0. The maximum absolute atomic E-state index is 12.7. The van der Waals surface area contributed by atoms with E-state index in [-0.39, 0.29) is 16.3 Å². The van der Waals surface area contributed by atoms with Crippen molar-refractivity contribution >= 4 is 11.6 Å². The maximum Gasteiger partial charge on any atom is 0.417 e. The maximum atomic E-state index is 12.7. The van der Waals surface area contributed by atoms with E-state index in [2.05, 4.69) is 0 Å². The molecule has 1 N–H and O–H groups in total. The van der Waals surface area contributed by atoms with Crippen LogP contribution >= 0.6 is 11.6 Å². The summed E-state index contributed by atoms with van der Waals surface area (Å²) in [4.78, 5) is 0. The first-order valence-corrected chi connectivity index (χ1v) is 5.82. The molecule has 0 aliphatic rings. The molecule has 19 heavy (non-hydrogen) atoms. The summed E-state index contributed by atoms with van der Waals surface area (Å²) in [6.07, 6.45) is -5.34. The molecule has 2 rings (SSSR count). The Balaban J connectivity index is 2.45. The van der Waals surface area contributed by atoms with Crippen LogP contribution < -0.4 is 0 Å². The Labute approximate surface area is 112 Å². The summed E-state index contributed by atoms with van der Waals surface area (Å²) in [7, 11) is 0. The number of halogens is 4. The lowest BCUT2D eigenvalue weighted by molar-refractivity contribution is -0.137. The third kappa shape index (κ3) is 2.93. The molecular weight excluding hydrogens is 281 g/mol. The van der Waals surface area contributed by atoms with Gasteiger partial charge in [-0.3, -0.25) is 0 Å². The van der Waals surface area contributed by atoms with Gasteiger partial charge in [0.2, 0.25) is 0 Å². The molecule has 1 atom stereocenters. The van der Waals surface area contributed by atoms with Gasteiger partial charge in [0.05, 0.1) is 10.6 Å². The van der Waals surface area contributed by atoms with Gasteiger partial charge >= 0.3 is 6.18 Å². The summed E-state index contributed by atoms with van der Waals surface area (Å²) in [6.45, 7) is 1.51. The second-order valence-corrected chi connectivity index (χ2v) is 4.48. The van der Waals surface area contributed by atoms with Gasteiger partial charge in [0.1, 0.15) is 17.6 Å². The molecule has 102 valence electrons. The molecule has 1 aromatic heterocycles. The molecule has 0 aliphatic heterocycles. The summed E-state index contributed by atoms with van der Waals surface area (Å²) < 4.78 is 43.4. The third-order valence-corrected chi connectivity index (χ3v) is 2.92. The van der Waals surface area contributed by atoms with Gasteiger partial charge < -0.3 is 9.52 Å². The van der Waals surface area contributed by atoms with Crippen molar-refractivity contribution < 1.29 is 22.7 Å². The number of aliphatic hydroxyl groups is 1. The Morgan fingerprint density at radius 2 is 1.89 bits per heavy atom. The van der Waals surface area contributed by atoms with Gasteiger partial charge in [-0.05, 0) is 37.3 Å². The predicted molar refractivity (Wildman–Crippen MR) is 64.8 cm³/mol. The lowest BCUT2D eigenvalue weighted by atomic mass is 10.1. The Hall–Kier alpha value is -1.46. The van der Waals surface area contributed by atoms with Crippen molar-refractivity contribution in [2.75, 3.05) is 0 Å². The van der Waals surface area contributed by atoms with E-state index in [1.807, 2.05) is 0 Å². The standard InChI is InChI=1S/C13H10ClF3O2/c1-7(18)11-4-5-12(19-11)8-2-3-10(14)9(6-8)13(15,16)17/h2-7,18H,1H3. The van der Waals surface area contributed by atoms with Crippen LogP contribution in [0.2, 0.25) is 5.02 Å². The zero-order valence-electron chi connectivity index (χ0n) is 9.83. The van der Waals surface area contributed by atoms with Crippen LogP contribution in [0.25, 0.3) is 11.3 Å². The topological polar surface area (TPSA) is 33.4 Å². The zero-order valence-corrected chi connectivity index (χ0v) is 10.6. The van der Waals surface area contributed by atoms with Gasteiger partial charge in [-0.2, -0.15) is 13.2 Å². The second kappa shape index (κ2) is 4.90. The lowest BCUT2D eigenvalue weighted by Crippen LogP contribution is -2.05. The Morgan fingerprint density at radius 1 is 1.21 bits per heavy atom. The van der Waals surface area contributed by atoms with Crippen LogP contribution in [0.3, 0.4) is 0 Å². The summed E-state index contributed by atoms with van der Waals surface area (Å²) in [5, 5.41) is 8.95. The minimum Gasteiger partial charge on any atom is -0.458 e. The number of furan rings is 1. The minimum absolute atomic E-state index is 0.248. The van der Waals surface area contributed by atoms with Crippen LogP contribution in [0, 0.1) is 0 Å². The van der Waals surface area contributed by atoms with Crippen molar-refractivity contribution in [3.8, 4) is 11.3 Å². The van der Waals surface area contributed by atoms with Crippen molar-refractivity contribution in [2.45, 2.75) is 19.2 Å². The number of aliphatic hydroxyl groups excluding tert-OH is 1. The van der Waals surface area contributed by atoms with E-state index in [0.29, 0.717) is 5.76 Å². The molecule has 1 heterocycles. The van der Waals surface area contributed by atoms with E-state index in [4.69, 9.17) is 16.0 Å². The molecule has 0 saturated carbocycles. The molecule has 2 nitrogen and oxygen atoms in total. The number of hydrogen-bond donors (Lipinski definition) is 1. The molecular formula is C13H10ClF3O2. The normalized spacial score (nSPS) is 13.6. The van der Waals surface area contributed by atoms with Crippen LogP contribution in [0.15, 0.2) is 34.7 Å². The van der Waals surface area contributed by atoms with Crippen molar-refractivity contribution in [1.29, 1.82) is 0 Å². The monoisotopic (exact) mass is 290 g/mol. The highest BCUT2D eigenvalue weighted by Gasteiger charge is 2.33. The molecule has 6 heteroatoms. The quantitative estimate of drug-likeness (QED) is 0.872. The fourth-order valence-electron chi connectivity index (χ4n) is 1.63. The van der Waals surface area contributed by atoms with E-state index in [1.54, 1.807) is 0 Å². The van der Waals surface area contributed by atoms with Crippen molar-refractivity contribution in [3.63, 3.8) is 0 Å². The molecule has 0 saturated heterocycles. The zero-order chi connectivity index (χ0) is 14.2. The van der Waals surface area contributed by atoms with E-state index in [1.165, 1.54) is 31.2 Å². The van der Waals surface area contributed by atoms with Gasteiger partial charge in [-0.25, -0.2) is 0 Å². The summed E-state index contributed by atoms with van der Waals surface area (Å²) in [5.74, 6) is 0.538. The van der Waals surface area contributed by atoms with Gasteiger partial charge in [0, 0.05) is 5.56 Å². The molecule has 1 aromatic carbocycles. The molecule has 0 fully saturated rings. The van der Waals surface area contributed by atoms with Crippen LogP contribution in [-0.4, -0.2) is 5.11 Å². The number of hydrogen-bond acceptors (Lipinski definition) is 2. The average Bonchev–Trinajstić information content (AvgIpc) is 2.77. The Bertz CT molecular complexity index is 588. The van der Waals surface area contributed by atoms with Crippen LogP contribution in [0.5, 0.6) is 0 Å². The smallest absolute Gasteiger partial charge is 0.417 e. The molecule has 0 bridgehead atoms. The Kier molecular flexibility index (Phi) is 3.60. The van der Waals surface area contributed by atoms with Crippen molar-refractivity contribution in [1.82, 2.24) is 0 Å². The summed E-state index contributed by atoms with van der Waals surface area (Å²) in [5.41, 5.74) is -0.662. The van der Waals surface area contributed by atoms with E-state index in [9.17, 15) is 18.3 Å². The van der Waals surface area contributed by atoms with Crippen LogP contribution in [-0.2, 0) is 6.18 Å². The van der Waals surface area contributed by atoms with E-state index in [0.717, 1.165) is 6.07 Å². The fraction of sp³-hybridized carbons (Fsp3) is 0.231. The van der Waals surface area contributed by atoms with Gasteiger partial charge in [0.15, 0.2) is 0 Å². The molecule has 2 aromatic rings. The highest BCUT2D eigenvalue weighted by molar-refractivity contribution is 6.31. The highest BCUT2D eigenvalue weighted by Crippen LogP contribution is 2.37. The van der Waals surface area contributed by atoms with Gasteiger partial charge in [0.25, 0.3) is 0 Å². The number of rotatable bonds is 2. The molecule has 0 aliphatic carbocycles. The van der Waals surface area contributed by atoms with Crippen molar-refractivity contribution in [3.05, 3.63) is 46.7 Å². The molecule has 1 unspecified atom stereocenters. The fourth-order valence-corrected chi connectivity index (χ4v) is 1.85. The predicted octanol–water partition coefficient (Wildman–Crippen LogP) is 4.67.